The van der Waals surface area contributed by atoms with E-state index in [-0.39, 0.29) is 5.92 Å². The van der Waals surface area contributed by atoms with Crippen LogP contribution in [0.5, 0.6) is 0 Å². The molecule has 92 valence electrons. The quantitative estimate of drug-likeness (QED) is 0.705. The summed E-state index contributed by atoms with van der Waals surface area (Å²) in [7, 11) is 0. The standard InChI is InChI=1S/C11H16N4O2/c16-10-1-4-17-7-9(10)5-14-2-3-15-8-12-13-11(15)6-14/h8-9H,1-7H2. The van der Waals surface area contributed by atoms with Gasteiger partial charge in [0.2, 0.25) is 0 Å². The summed E-state index contributed by atoms with van der Waals surface area (Å²) in [6.07, 6.45) is 2.33. The van der Waals surface area contributed by atoms with Crippen LogP contribution in [0.25, 0.3) is 0 Å². The van der Waals surface area contributed by atoms with Gasteiger partial charge in [-0.15, -0.1) is 10.2 Å². The maximum Gasteiger partial charge on any atom is 0.147 e. The maximum absolute atomic E-state index is 11.7. The molecule has 3 heterocycles. The molecule has 17 heavy (non-hydrogen) atoms. The van der Waals surface area contributed by atoms with Crippen LogP contribution in [0.4, 0.5) is 0 Å². The molecule has 3 rings (SSSR count). The summed E-state index contributed by atoms with van der Waals surface area (Å²) < 4.78 is 7.43. The number of ketones is 1. The fraction of sp³-hybridized carbons (Fsp3) is 0.727. The van der Waals surface area contributed by atoms with Crippen LogP contribution < -0.4 is 0 Å². The van der Waals surface area contributed by atoms with Gasteiger partial charge >= 0.3 is 0 Å². The second-order valence-electron chi connectivity index (χ2n) is 4.66. The van der Waals surface area contributed by atoms with Crippen LogP contribution in [-0.4, -0.2) is 51.8 Å². The average Bonchev–Trinajstić information content (AvgIpc) is 2.79. The zero-order valence-corrected chi connectivity index (χ0v) is 9.71. The maximum atomic E-state index is 11.7. The highest BCUT2D eigenvalue weighted by molar-refractivity contribution is 5.82. The molecule has 6 heteroatoms. The molecule has 0 spiro atoms. The molecule has 0 saturated carbocycles. The van der Waals surface area contributed by atoms with Crippen LogP contribution in [0.1, 0.15) is 12.2 Å². The molecule has 0 bridgehead atoms. The smallest absolute Gasteiger partial charge is 0.147 e. The van der Waals surface area contributed by atoms with E-state index in [4.69, 9.17) is 4.74 Å². The molecule has 2 aliphatic rings. The van der Waals surface area contributed by atoms with Crippen LogP contribution in [0.3, 0.4) is 0 Å². The first-order valence-corrected chi connectivity index (χ1v) is 6.02. The van der Waals surface area contributed by atoms with Crippen LogP contribution in [-0.2, 0) is 22.6 Å². The van der Waals surface area contributed by atoms with Crippen LogP contribution >= 0.6 is 0 Å². The number of ether oxygens (including phenoxy) is 1. The summed E-state index contributed by atoms with van der Waals surface area (Å²) in [6, 6.07) is 0. The van der Waals surface area contributed by atoms with Gasteiger partial charge in [-0.3, -0.25) is 9.69 Å². The summed E-state index contributed by atoms with van der Waals surface area (Å²) in [4.78, 5) is 14.0. The second kappa shape index (κ2) is 4.54. The Balaban J connectivity index is 1.61. The number of Topliss-reactive ketones (excluding diaryl/α,β-unsaturated/α-hetero) is 1. The number of aromatic nitrogens is 3. The van der Waals surface area contributed by atoms with E-state index in [0.717, 1.165) is 32.0 Å². The van der Waals surface area contributed by atoms with Crippen molar-refractivity contribution in [2.45, 2.75) is 19.5 Å². The summed E-state index contributed by atoms with van der Waals surface area (Å²) >= 11 is 0. The summed E-state index contributed by atoms with van der Waals surface area (Å²) in [5, 5.41) is 7.97. The third-order valence-electron chi connectivity index (χ3n) is 3.46. The first kappa shape index (κ1) is 10.9. The van der Waals surface area contributed by atoms with Gasteiger partial charge in [-0.1, -0.05) is 0 Å². The Bertz CT molecular complexity index is 417. The molecule has 0 radical (unpaired) electrons. The SMILES string of the molecule is O=C1CCOCC1CN1CCn2cnnc2C1. The van der Waals surface area contributed by atoms with E-state index in [1.165, 1.54) is 0 Å². The van der Waals surface area contributed by atoms with E-state index >= 15 is 0 Å². The predicted octanol–water partition coefficient (Wildman–Crippen LogP) is -0.301. The first-order chi connectivity index (χ1) is 8.33. The largest absolute Gasteiger partial charge is 0.380 e. The van der Waals surface area contributed by atoms with E-state index in [9.17, 15) is 4.79 Å². The average molecular weight is 236 g/mol. The van der Waals surface area contributed by atoms with Crippen molar-refractivity contribution in [1.29, 1.82) is 0 Å². The Morgan fingerprint density at radius 1 is 1.47 bits per heavy atom. The van der Waals surface area contributed by atoms with Crippen molar-refractivity contribution in [3.8, 4) is 0 Å². The van der Waals surface area contributed by atoms with Crippen LogP contribution in [0, 0.1) is 5.92 Å². The third-order valence-corrected chi connectivity index (χ3v) is 3.46. The minimum atomic E-state index is 0.0400. The van der Waals surface area contributed by atoms with Gasteiger partial charge in [-0.05, 0) is 0 Å². The normalized spacial score (nSPS) is 25.9. The van der Waals surface area contributed by atoms with Gasteiger partial charge in [0, 0.05) is 26.1 Å². The molecule has 0 aliphatic carbocycles. The Kier molecular flexibility index (Phi) is 2.90. The highest BCUT2D eigenvalue weighted by atomic mass is 16.5. The number of carbonyl (C=O) groups excluding carboxylic acids is 1. The van der Waals surface area contributed by atoms with Gasteiger partial charge in [-0.25, -0.2) is 0 Å². The van der Waals surface area contributed by atoms with Gasteiger partial charge in [0.05, 0.1) is 25.7 Å². The van der Waals surface area contributed by atoms with Crippen LogP contribution in [0.15, 0.2) is 6.33 Å². The molecular weight excluding hydrogens is 220 g/mol. The summed E-state index contributed by atoms with van der Waals surface area (Å²) in [6.45, 7) is 4.58. The van der Waals surface area contributed by atoms with E-state index < -0.39 is 0 Å². The molecular formula is C11H16N4O2. The Labute approximate surface area is 99.6 Å². The molecule has 2 aliphatic heterocycles. The van der Waals surface area contributed by atoms with E-state index in [1.54, 1.807) is 6.33 Å². The Morgan fingerprint density at radius 3 is 3.29 bits per heavy atom. The fourth-order valence-electron chi connectivity index (χ4n) is 2.43. The number of hydrogen-bond acceptors (Lipinski definition) is 5. The second-order valence-corrected chi connectivity index (χ2v) is 4.66. The van der Waals surface area contributed by atoms with Gasteiger partial charge in [0.1, 0.15) is 17.9 Å². The highest BCUT2D eigenvalue weighted by Crippen LogP contribution is 2.15. The topological polar surface area (TPSA) is 60.2 Å². The van der Waals surface area contributed by atoms with Crippen LogP contribution in [0.2, 0.25) is 0 Å². The van der Waals surface area contributed by atoms with Gasteiger partial charge in [0.25, 0.3) is 0 Å². The van der Waals surface area contributed by atoms with Crippen molar-refractivity contribution < 1.29 is 9.53 Å². The minimum Gasteiger partial charge on any atom is -0.380 e. The monoisotopic (exact) mass is 236 g/mol. The summed E-state index contributed by atoms with van der Waals surface area (Å²) in [5.74, 6) is 1.36. The lowest BCUT2D eigenvalue weighted by Gasteiger charge is -2.31. The van der Waals surface area contributed by atoms with Crippen molar-refractivity contribution in [3.63, 3.8) is 0 Å². The Hall–Kier alpha value is -1.27. The number of rotatable bonds is 2. The van der Waals surface area contributed by atoms with Crippen molar-refractivity contribution in [2.75, 3.05) is 26.3 Å². The minimum absolute atomic E-state index is 0.0400. The van der Waals surface area contributed by atoms with Crippen molar-refractivity contribution in [1.82, 2.24) is 19.7 Å². The number of carbonyl (C=O) groups is 1. The van der Waals surface area contributed by atoms with E-state index in [0.29, 0.717) is 25.4 Å². The van der Waals surface area contributed by atoms with Gasteiger partial charge in [0.15, 0.2) is 0 Å². The van der Waals surface area contributed by atoms with Crippen molar-refractivity contribution in [2.24, 2.45) is 5.92 Å². The van der Waals surface area contributed by atoms with Crippen molar-refractivity contribution >= 4 is 5.78 Å². The molecule has 6 nitrogen and oxygen atoms in total. The molecule has 1 atom stereocenters. The number of nitrogens with zero attached hydrogens (tertiary/aromatic N) is 4. The lowest BCUT2D eigenvalue weighted by atomic mass is 10.00. The third kappa shape index (κ3) is 2.23. The Morgan fingerprint density at radius 2 is 2.41 bits per heavy atom. The zero-order valence-electron chi connectivity index (χ0n) is 9.71. The zero-order chi connectivity index (χ0) is 11.7. The fourth-order valence-corrected chi connectivity index (χ4v) is 2.43. The molecule has 0 aromatic carbocycles. The summed E-state index contributed by atoms with van der Waals surface area (Å²) in [5.41, 5.74) is 0. The lowest BCUT2D eigenvalue weighted by Crippen LogP contribution is -2.42. The predicted molar refractivity (Wildman–Crippen MR) is 59.2 cm³/mol. The van der Waals surface area contributed by atoms with Gasteiger partial charge in [-0.2, -0.15) is 0 Å². The number of fused-ring (bicyclic) bond motifs is 1. The first-order valence-electron chi connectivity index (χ1n) is 6.02. The lowest BCUT2D eigenvalue weighted by molar-refractivity contribution is -0.131. The molecule has 0 amide bonds. The van der Waals surface area contributed by atoms with E-state index in [1.807, 2.05) is 0 Å². The highest BCUT2D eigenvalue weighted by Gasteiger charge is 2.27. The van der Waals surface area contributed by atoms with Gasteiger partial charge < -0.3 is 9.30 Å². The van der Waals surface area contributed by atoms with Crippen molar-refractivity contribution in [3.05, 3.63) is 12.2 Å². The molecule has 1 unspecified atom stereocenters. The molecule has 1 saturated heterocycles. The molecule has 1 aromatic heterocycles. The molecule has 0 N–H and O–H groups in total. The number of hydrogen-bond donors (Lipinski definition) is 0. The van der Waals surface area contributed by atoms with E-state index in [2.05, 4.69) is 19.7 Å². The molecule has 1 fully saturated rings. The molecule has 1 aromatic rings.